The smallest absolute Gasteiger partial charge is 0.410 e. The van der Waals surface area contributed by atoms with Gasteiger partial charge in [0.2, 0.25) is 5.91 Å². The number of nitrogens with one attached hydrogen (secondary N) is 1. The average Bonchev–Trinajstić information content (AvgIpc) is 3.29. The molecule has 1 aromatic rings. The molecule has 8 heteroatoms. The quantitative estimate of drug-likeness (QED) is 0.783. The van der Waals surface area contributed by atoms with E-state index in [4.69, 9.17) is 4.74 Å². The molecule has 2 atom stereocenters. The fourth-order valence-corrected chi connectivity index (χ4v) is 3.92. The van der Waals surface area contributed by atoms with E-state index in [0.717, 1.165) is 6.42 Å². The third kappa shape index (κ3) is 5.70. The summed E-state index contributed by atoms with van der Waals surface area (Å²) < 4.78 is 5.43. The molecule has 1 fully saturated rings. The molecule has 0 spiro atoms. The van der Waals surface area contributed by atoms with E-state index in [-0.39, 0.29) is 17.9 Å². The van der Waals surface area contributed by atoms with Crippen LogP contribution in [0.5, 0.6) is 0 Å². The summed E-state index contributed by atoms with van der Waals surface area (Å²) in [6.07, 6.45) is 1.07. The largest absolute Gasteiger partial charge is 0.444 e. The Morgan fingerprint density at radius 3 is 2.68 bits per heavy atom. The maximum atomic E-state index is 12.7. The molecule has 7 nitrogen and oxygen atoms in total. The van der Waals surface area contributed by atoms with Crippen LogP contribution in [-0.2, 0) is 9.53 Å². The molecular formula is C20H31N3O4S. The number of hydrogen-bond acceptors (Lipinski definition) is 5. The summed E-state index contributed by atoms with van der Waals surface area (Å²) in [5.74, 6) is -0.265. The molecule has 0 saturated carbocycles. The molecule has 0 bridgehead atoms. The highest BCUT2D eigenvalue weighted by Crippen LogP contribution is 2.22. The fraction of sp³-hybridized carbons (Fsp3) is 0.650. The van der Waals surface area contributed by atoms with Gasteiger partial charge in [0, 0.05) is 25.7 Å². The van der Waals surface area contributed by atoms with Crippen molar-refractivity contribution in [3.63, 3.8) is 0 Å². The van der Waals surface area contributed by atoms with E-state index in [1.54, 1.807) is 15.9 Å². The van der Waals surface area contributed by atoms with Crippen LogP contribution in [0.3, 0.4) is 0 Å². The van der Waals surface area contributed by atoms with Gasteiger partial charge in [0.1, 0.15) is 11.6 Å². The first-order chi connectivity index (χ1) is 13.1. The monoisotopic (exact) mass is 409 g/mol. The van der Waals surface area contributed by atoms with E-state index >= 15 is 0 Å². The topological polar surface area (TPSA) is 79.0 Å². The molecule has 3 amide bonds. The van der Waals surface area contributed by atoms with E-state index in [9.17, 15) is 14.4 Å². The van der Waals surface area contributed by atoms with Gasteiger partial charge in [-0.15, -0.1) is 11.3 Å². The normalized spacial score (nSPS) is 17.9. The zero-order chi connectivity index (χ0) is 20.9. The Morgan fingerprint density at radius 2 is 2.11 bits per heavy atom. The molecule has 28 heavy (non-hydrogen) atoms. The Labute approximate surface area is 171 Å². The van der Waals surface area contributed by atoms with E-state index in [0.29, 0.717) is 30.9 Å². The third-order valence-electron chi connectivity index (χ3n) is 4.62. The summed E-state index contributed by atoms with van der Waals surface area (Å²) in [5, 5.41) is 4.77. The number of rotatable bonds is 6. The standard InChI is InChI=1S/C20H31N3O4S/c1-6-22(19(26)27-20(3,4)5)14(2)13-21-17(24)15-9-7-11-23(15)18(25)16-10-8-12-28-16/h8,10,12,14-15H,6-7,9,11,13H2,1-5H3,(H,21,24)/t14-,15+/m1/s1. The van der Waals surface area contributed by atoms with Gasteiger partial charge >= 0.3 is 6.09 Å². The first-order valence-corrected chi connectivity index (χ1v) is 10.6. The highest BCUT2D eigenvalue weighted by Gasteiger charge is 2.35. The number of likely N-dealkylation sites (tertiary alicyclic amines) is 1. The molecule has 1 aliphatic rings. The van der Waals surface area contributed by atoms with Crippen molar-refractivity contribution in [1.82, 2.24) is 15.1 Å². The van der Waals surface area contributed by atoms with Gasteiger partial charge in [0.25, 0.3) is 5.91 Å². The number of nitrogens with zero attached hydrogens (tertiary/aromatic N) is 2. The molecule has 1 aromatic heterocycles. The lowest BCUT2D eigenvalue weighted by atomic mass is 10.2. The van der Waals surface area contributed by atoms with E-state index in [2.05, 4.69) is 5.32 Å². The Bertz CT molecular complexity index is 684. The molecule has 2 rings (SSSR count). The summed E-state index contributed by atoms with van der Waals surface area (Å²) in [6.45, 7) is 10.6. The highest BCUT2D eigenvalue weighted by molar-refractivity contribution is 7.12. The van der Waals surface area contributed by atoms with Crippen LogP contribution in [0.1, 0.15) is 57.1 Å². The zero-order valence-electron chi connectivity index (χ0n) is 17.4. The van der Waals surface area contributed by atoms with Crippen molar-refractivity contribution >= 4 is 29.2 Å². The highest BCUT2D eigenvalue weighted by atomic mass is 32.1. The molecule has 0 aromatic carbocycles. The molecule has 156 valence electrons. The van der Waals surface area contributed by atoms with Crippen LogP contribution in [0.4, 0.5) is 4.79 Å². The van der Waals surface area contributed by atoms with Gasteiger partial charge in [-0.1, -0.05) is 6.07 Å². The number of carbonyl (C=O) groups excluding carboxylic acids is 3. The minimum absolute atomic E-state index is 0.0929. The SMILES string of the molecule is CCN(C(=O)OC(C)(C)C)[C@H](C)CNC(=O)[C@@H]1CCCN1C(=O)c1cccs1. The van der Waals surface area contributed by atoms with Crippen molar-refractivity contribution in [2.45, 2.75) is 65.1 Å². The molecule has 0 aliphatic carbocycles. The van der Waals surface area contributed by atoms with Crippen LogP contribution in [0, 0.1) is 0 Å². The summed E-state index contributed by atoms with van der Waals surface area (Å²) >= 11 is 1.38. The summed E-state index contributed by atoms with van der Waals surface area (Å²) in [4.78, 5) is 41.6. The second-order valence-corrected chi connectivity index (χ2v) is 8.94. The Kier molecular flexibility index (Phi) is 7.46. The molecule has 1 aliphatic heterocycles. The van der Waals surface area contributed by atoms with Crippen molar-refractivity contribution in [3.8, 4) is 0 Å². The minimum Gasteiger partial charge on any atom is -0.444 e. The third-order valence-corrected chi connectivity index (χ3v) is 5.48. The van der Waals surface area contributed by atoms with E-state index in [1.165, 1.54) is 11.3 Å². The molecule has 0 unspecified atom stereocenters. The first kappa shape index (κ1) is 22.2. The van der Waals surface area contributed by atoms with Crippen molar-refractivity contribution in [2.24, 2.45) is 0 Å². The predicted octanol–water partition coefficient (Wildman–Crippen LogP) is 3.11. The van der Waals surface area contributed by atoms with Gasteiger partial charge in [-0.05, 0) is 58.9 Å². The molecule has 1 saturated heterocycles. The second-order valence-electron chi connectivity index (χ2n) is 7.99. The van der Waals surface area contributed by atoms with Gasteiger partial charge in [-0.3, -0.25) is 9.59 Å². The summed E-state index contributed by atoms with van der Waals surface area (Å²) in [6, 6.07) is 2.94. The van der Waals surface area contributed by atoms with Crippen molar-refractivity contribution in [3.05, 3.63) is 22.4 Å². The van der Waals surface area contributed by atoms with E-state index in [1.807, 2.05) is 46.1 Å². The number of thiophene rings is 1. The second kappa shape index (κ2) is 9.41. The molecule has 2 heterocycles. The van der Waals surface area contributed by atoms with Gasteiger partial charge in [-0.2, -0.15) is 0 Å². The van der Waals surface area contributed by atoms with Crippen LogP contribution in [0.2, 0.25) is 0 Å². The summed E-state index contributed by atoms with van der Waals surface area (Å²) in [5.41, 5.74) is -0.569. The lowest BCUT2D eigenvalue weighted by molar-refractivity contribution is -0.125. The van der Waals surface area contributed by atoms with Crippen LogP contribution in [-0.4, -0.2) is 65.0 Å². The average molecular weight is 410 g/mol. The Balaban J connectivity index is 1.92. The molecular weight excluding hydrogens is 378 g/mol. The fourth-order valence-electron chi connectivity index (χ4n) is 3.24. The van der Waals surface area contributed by atoms with Crippen LogP contribution in [0.15, 0.2) is 17.5 Å². The van der Waals surface area contributed by atoms with Crippen molar-refractivity contribution in [2.75, 3.05) is 19.6 Å². The van der Waals surface area contributed by atoms with Gasteiger partial charge in [-0.25, -0.2) is 4.79 Å². The molecule has 0 radical (unpaired) electrons. The lowest BCUT2D eigenvalue weighted by Crippen LogP contribution is -2.51. The molecule has 1 N–H and O–H groups in total. The lowest BCUT2D eigenvalue weighted by Gasteiger charge is -2.31. The maximum Gasteiger partial charge on any atom is 0.410 e. The van der Waals surface area contributed by atoms with Crippen molar-refractivity contribution in [1.29, 1.82) is 0 Å². The predicted molar refractivity (Wildman–Crippen MR) is 109 cm³/mol. The van der Waals surface area contributed by atoms with Crippen LogP contribution in [0.25, 0.3) is 0 Å². The zero-order valence-corrected chi connectivity index (χ0v) is 18.2. The van der Waals surface area contributed by atoms with Gasteiger partial charge < -0.3 is 19.9 Å². The maximum absolute atomic E-state index is 12.7. The first-order valence-electron chi connectivity index (χ1n) is 9.76. The number of carbonyl (C=O) groups is 3. The Morgan fingerprint density at radius 1 is 1.39 bits per heavy atom. The van der Waals surface area contributed by atoms with Crippen LogP contribution >= 0.6 is 11.3 Å². The minimum atomic E-state index is -0.569. The van der Waals surface area contributed by atoms with Crippen LogP contribution < -0.4 is 5.32 Å². The number of amides is 3. The Hall–Kier alpha value is -2.09. The number of ether oxygens (including phenoxy) is 1. The van der Waals surface area contributed by atoms with Crippen molar-refractivity contribution < 1.29 is 19.1 Å². The van der Waals surface area contributed by atoms with Gasteiger partial charge in [0.05, 0.1) is 4.88 Å². The van der Waals surface area contributed by atoms with Gasteiger partial charge in [0.15, 0.2) is 0 Å². The number of likely N-dealkylation sites (N-methyl/N-ethyl adjacent to an activating group) is 1. The summed E-state index contributed by atoms with van der Waals surface area (Å²) in [7, 11) is 0. The van der Waals surface area contributed by atoms with E-state index < -0.39 is 17.7 Å². The number of hydrogen-bond donors (Lipinski definition) is 1.